The van der Waals surface area contributed by atoms with Crippen LogP contribution in [0.3, 0.4) is 0 Å². The van der Waals surface area contributed by atoms with E-state index in [1.807, 2.05) is 0 Å². The molecule has 1 aliphatic rings. The minimum atomic E-state index is -0.213. The number of hydrogen-bond donors (Lipinski definition) is 2. The first kappa shape index (κ1) is 12.9. The minimum absolute atomic E-state index is 0.101. The van der Waals surface area contributed by atoms with E-state index in [0.29, 0.717) is 25.7 Å². The van der Waals surface area contributed by atoms with Gasteiger partial charge >= 0.3 is 0 Å². The molecule has 1 amide bonds. The zero-order valence-corrected chi connectivity index (χ0v) is 10.4. The second kappa shape index (κ2) is 6.41. The number of carbonyl (C=O) groups is 1. The van der Waals surface area contributed by atoms with E-state index in [1.165, 1.54) is 0 Å². The van der Waals surface area contributed by atoms with Crippen molar-refractivity contribution >= 4 is 5.91 Å². The highest BCUT2D eigenvalue weighted by Crippen LogP contribution is 2.08. The van der Waals surface area contributed by atoms with Crippen LogP contribution in [-0.2, 0) is 4.74 Å². The van der Waals surface area contributed by atoms with Crippen LogP contribution >= 0.6 is 0 Å². The lowest BCUT2D eigenvalue weighted by Crippen LogP contribution is -2.43. The maximum atomic E-state index is 12.2. The predicted molar refractivity (Wildman–Crippen MR) is 63.0 cm³/mol. The van der Waals surface area contributed by atoms with Gasteiger partial charge in [0.15, 0.2) is 0 Å². The number of amides is 1. The number of nitrogens with one attached hydrogen (secondary N) is 2. The van der Waals surface area contributed by atoms with Gasteiger partial charge in [0.2, 0.25) is 0 Å². The third-order valence-electron chi connectivity index (χ3n) is 2.99. The zero-order valence-electron chi connectivity index (χ0n) is 10.4. The van der Waals surface area contributed by atoms with E-state index in [0.717, 1.165) is 19.4 Å². The number of carbonyl (C=O) groups excluding carboxylic acids is 1. The Morgan fingerprint density at radius 1 is 1.61 bits per heavy atom. The molecule has 0 bridgehead atoms. The molecule has 1 unspecified atom stereocenters. The van der Waals surface area contributed by atoms with Crippen LogP contribution in [0.4, 0.5) is 0 Å². The van der Waals surface area contributed by atoms with Crippen molar-refractivity contribution in [3.05, 3.63) is 5.82 Å². The minimum Gasteiger partial charge on any atom is -0.383 e. The van der Waals surface area contributed by atoms with Crippen LogP contribution in [-0.4, -0.2) is 70.8 Å². The normalized spacial score (nSPS) is 19.1. The molecule has 1 atom stereocenters. The lowest BCUT2D eigenvalue weighted by atomic mass is 10.2. The Balaban J connectivity index is 1.96. The van der Waals surface area contributed by atoms with Gasteiger partial charge in [-0.1, -0.05) is 0 Å². The van der Waals surface area contributed by atoms with Crippen LogP contribution in [0.2, 0.25) is 0 Å². The summed E-state index contributed by atoms with van der Waals surface area (Å²) in [5.41, 5.74) is 0. The molecule has 2 N–H and O–H groups in total. The van der Waals surface area contributed by atoms with Gasteiger partial charge in [-0.05, 0) is 24.6 Å². The molecule has 18 heavy (non-hydrogen) atoms. The highest BCUT2D eigenvalue weighted by Gasteiger charge is 2.24. The van der Waals surface area contributed by atoms with Crippen LogP contribution in [0.1, 0.15) is 23.5 Å². The SMILES string of the molecule is COCCN(CC1CCCN1)C(=O)c1nn[nH]n1. The van der Waals surface area contributed by atoms with Crippen molar-refractivity contribution in [3.8, 4) is 0 Å². The van der Waals surface area contributed by atoms with Crippen molar-refractivity contribution in [1.82, 2.24) is 30.8 Å². The summed E-state index contributed by atoms with van der Waals surface area (Å²) < 4.78 is 5.03. The fourth-order valence-corrected chi connectivity index (χ4v) is 2.05. The van der Waals surface area contributed by atoms with Gasteiger partial charge in [-0.25, -0.2) is 0 Å². The number of aromatic nitrogens is 4. The molecule has 2 rings (SSSR count). The first-order valence-electron chi connectivity index (χ1n) is 6.06. The van der Waals surface area contributed by atoms with Gasteiger partial charge in [-0.3, -0.25) is 4.79 Å². The lowest BCUT2D eigenvalue weighted by molar-refractivity contribution is 0.0667. The summed E-state index contributed by atoms with van der Waals surface area (Å²) in [6.45, 7) is 2.69. The number of nitrogens with zero attached hydrogens (tertiary/aromatic N) is 4. The van der Waals surface area contributed by atoms with Crippen LogP contribution in [0.25, 0.3) is 0 Å². The number of ether oxygens (including phenoxy) is 1. The summed E-state index contributed by atoms with van der Waals surface area (Å²) in [5, 5.41) is 16.5. The van der Waals surface area contributed by atoms with Gasteiger partial charge in [-0.2, -0.15) is 5.21 Å². The average molecular weight is 254 g/mol. The second-order valence-electron chi connectivity index (χ2n) is 4.27. The first-order chi connectivity index (χ1) is 8.81. The summed E-state index contributed by atoms with van der Waals surface area (Å²) in [7, 11) is 1.62. The predicted octanol–water partition coefficient (Wildman–Crippen LogP) is -0.960. The van der Waals surface area contributed by atoms with Gasteiger partial charge in [-0.15, -0.1) is 10.2 Å². The summed E-state index contributed by atoms with van der Waals surface area (Å²) in [4.78, 5) is 13.9. The molecule has 0 aliphatic carbocycles. The summed E-state index contributed by atoms with van der Waals surface area (Å²) in [6.07, 6.45) is 2.24. The van der Waals surface area contributed by atoms with Crippen LogP contribution < -0.4 is 5.32 Å². The molecule has 0 aromatic carbocycles. The third-order valence-corrected chi connectivity index (χ3v) is 2.99. The largest absolute Gasteiger partial charge is 0.383 e. The van der Waals surface area contributed by atoms with Crippen LogP contribution in [0.5, 0.6) is 0 Å². The van der Waals surface area contributed by atoms with Crippen molar-refractivity contribution in [3.63, 3.8) is 0 Å². The standard InChI is InChI=1S/C10H18N6O2/c1-18-6-5-16(7-8-3-2-4-11-8)10(17)9-12-14-15-13-9/h8,11H,2-7H2,1H3,(H,12,13,14,15). The number of aromatic amines is 1. The molecule has 1 aliphatic heterocycles. The Bertz CT molecular complexity index is 362. The summed E-state index contributed by atoms with van der Waals surface area (Å²) >= 11 is 0. The van der Waals surface area contributed by atoms with Gasteiger partial charge in [0.25, 0.3) is 11.7 Å². The fraction of sp³-hybridized carbons (Fsp3) is 0.800. The fourth-order valence-electron chi connectivity index (χ4n) is 2.05. The molecular weight excluding hydrogens is 236 g/mol. The molecule has 1 aromatic rings. The van der Waals surface area contributed by atoms with E-state index in [4.69, 9.17) is 4.74 Å². The van der Waals surface area contributed by atoms with Crippen molar-refractivity contribution in [2.24, 2.45) is 0 Å². The van der Waals surface area contributed by atoms with Gasteiger partial charge in [0.05, 0.1) is 6.61 Å². The Hall–Kier alpha value is -1.54. The second-order valence-corrected chi connectivity index (χ2v) is 4.27. The van der Waals surface area contributed by atoms with E-state index in [9.17, 15) is 4.79 Å². The van der Waals surface area contributed by atoms with Crippen LogP contribution in [0, 0.1) is 0 Å². The molecule has 0 saturated carbocycles. The van der Waals surface area contributed by atoms with Gasteiger partial charge < -0.3 is 15.0 Å². The Kier molecular flexibility index (Phi) is 4.59. The van der Waals surface area contributed by atoms with E-state index >= 15 is 0 Å². The smallest absolute Gasteiger partial charge is 0.295 e. The molecule has 1 saturated heterocycles. The lowest BCUT2D eigenvalue weighted by Gasteiger charge is -2.24. The molecule has 0 spiro atoms. The van der Waals surface area contributed by atoms with E-state index in [2.05, 4.69) is 25.9 Å². The number of rotatable bonds is 6. The Morgan fingerprint density at radius 3 is 3.11 bits per heavy atom. The maximum absolute atomic E-state index is 12.2. The summed E-state index contributed by atoms with van der Waals surface area (Å²) in [5.74, 6) is -0.112. The van der Waals surface area contributed by atoms with E-state index < -0.39 is 0 Å². The third kappa shape index (κ3) is 3.23. The molecule has 1 fully saturated rings. The molecule has 1 aromatic heterocycles. The van der Waals surface area contributed by atoms with Crippen LogP contribution in [0.15, 0.2) is 0 Å². The Labute approximate surface area is 105 Å². The highest BCUT2D eigenvalue weighted by atomic mass is 16.5. The molecule has 8 nitrogen and oxygen atoms in total. The van der Waals surface area contributed by atoms with Crippen molar-refractivity contribution in [1.29, 1.82) is 0 Å². The monoisotopic (exact) mass is 254 g/mol. The number of tetrazole rings is 1. The van der Waals surface area contributed by atoms with Crippen molar-refractivity contribution < 1.29 is 9.53 Å². The first-order valence-corrected chi connectivity index (χ1v) is 6.06. The average Bonchev–Trinajstić information content (AvgIpc) is 3.06. The maximum Gasteiger partial charge on any atom is 0.295 e. The molecule has 2 heterocycles. The number of methoxy groups -OCH3 is 1. The molecule has 0 radical (unpaired) electrons. The topological polar surface area (TPSA) is 96.0 Å². The molecule has 100 valence electrons. The van der Waals surface area contributed by atoms with Crippen molar-refractivity contribution in [2.45, 2.75) is 18.9 Å². The quantitative estimate of drug-likeness (QED) is 0.679. The zero-order chi connectivity index (χ0) is 12.8. The number of H-pyrrole nitrogens is 1. The van der Waals surface area contributed by atoms with Gasteiger partial charge in [0, 0.05) is 26.2 Å². The molecule has 8 heteroatoms. The van der Waals surface area contributed by atoms with Gasteiger partial charge in [0.1, 0.15) is 0 Å². The summed E-state index contributed by atoms with van der Waals surface area (Å²) in [6, 6.07) is 0.345. The van der Waals surface area contributed by atoms with Crippen molar-refractivity contribution in [2.75, 3.05) is 33.4 Å². The van der Waals surface area contributed by atoms with E-state index in [-0.39, 0.29) is 11.7 Å². The van der Waals surface area contributed by atoms with E-state index in [1.54, 1.807) is 12.0 Å². The molecular formula is C10H18N6O2. The Morgan fingerprint density at radius 2 is 2.50 bits per heavy atom. The highest BCUT2D eigenvalue weighted by molar-refractivity contribution is 5.90. The number of hydrogen-bond acceptors (Lipinski definition) is 6.